The van der Waals surface area contributed by atoms with Crippen molar-refractivity contribution in [2.75, 3.05) is 0 Å². The molecule has 0 atom stereocenters. The average Bonchev–Trinajstić information content (AvgIpc) is 2.75. The molecule has 17 heavy (non-hydrogen) atoms. The van der Waals surface area contributed by atoms with Crippen molar-refractivity contribution in [3.63, 3.8) is 0 Å². The molecule has 0 saturated carbocycles. The lowest BCUT2D eigenvalue weighted by Crippen LogP contribution is -1.81. The molecule has 84 valence electrons. The van der Waals surface area contributed by atoms with Crippen molar-refractivity contribution < 1.29 is 0 Å². The zero-order valence-electron chi connectivity index (χ0n) is 9.90. The van der Waals surface area contributed by atoms with Crippen molar-refractivity contribution >= 4 is 21.6 Å². The Morgan fingerprint density at radius 2 is 1.65 bits per heavy atom. The smallest absolute Gasteiger partial charge is 0.124 e. The zero-order valence-corrected chi connectivity index (χ0v) is 10.7. The number of thiazole rings is 1. The lowest BCUT2D eigenvalue weighted by Gasteiger charge is -1.99. The molecule has 0 spiro atoms. The molecule has 0 N–H and O–H groups in total. The largest absolute Gasteiger partial charge is 0.236 e. The number of hydrogen-bond acceptors (Lipinski definition) is 2. The van der Waals surface area contributed by atoms with Crippen LogP contribution in [0.3, 0.4) is 0 Å². The van der Waals surface area contributed by atoms with Crippen LogP contribution < -0.4 is 0 Å². The highest BCUT2D eigenvalue weighted by molar-refractivity contribution is 7.21. The lowest BCUT2D eigenvalue weighted by molar-refractivity contribution is 1.39. The number of fused-ring (bicyclic) bond motifs is 1. The molecule has 3 rings (SSSR count). The minimum absolute atomic E-state index is 1.12. The summed E-state index contributed by atoms with van der Waals surface area (Å²) < 4.78 is 1.27. The predicted octanol–water partition coefficient (Wildman–Crippen LogP) is 4.58. The van der Waals surface area contributed by atoms with Crippen LogP contribution in [-0.4, -0.2) is 4.98 Å². The lowest BCUT2D eigenvalue weighted by atomic mass is 10.1. The molecule has 3 aromatic rings. The van der Waals surface area contributed by atoms with Crippen molar-refractivity contribution in [1.29, 1.82) is 0 Å². The van der Waals surface area contributed by atoms with E-state index in [1.807, 2.05) is 0 Å². The first kappa shape index (κ1) is 10.5. The molecule has 1 heterocycles. The summed E-state index contributed by atoms with van der Waals surface area (Å²) in [6.45, 7) is 4.25. The normalized spacial score (nSPS) is 10.9. The van der Waals surface area contributed by atoms with Crippen molar-refractivity contribution in [3.05, 3.63) is 53.6 Å². The van der Waals surface area contributed by atoms with Gasteiger partial charge < -0.3 is 0 Å². The monoisotopic (exact) mass is 239 g/mol. The Morgan fingerprint density at radius 1 is 0.882 bits per heavy atom. The summed E-state index contributed by atoms with van der Waals surface area (Å²) >= 11 is 1.77. The van der Waals surface area contributed by atoms with E-state index in [0.29, 0.717) is 0 Å². The van der Waals surface area contributed by atoms with Crippen LogP contribution in [0.25, 0.3) is 20.8 Å². The number of hydrogen-bond donors (Lipinski definition) is 0. The molecule has 0 fully saturated rings. The van der Waals surface area contributed by atoms with Crippen LogP contribution in [0.1, 0.15) is 11.1 Å². The summed E-state index contributed by atoms with van der Waals surface area (Å²) in [4.78, 5) is 4.76. The van der Waals surface area contributed by atoms with Gasteiger partial charge in [0.05, 0.1) is 10.2 Å². The average molecular weight is 239 g/mol. The minimum atomic E-state index is 1.12. The zero-order chi connectivity index (χ0) is 11.8. The van der Waals surface area contributed by atoms with Gasteiger partial charge in [-0.1, -0.05) is 36.4 Å². The first-order chi connectivity index (χ1) is 8.25. The Labute approximate surface area is 105 Å². The summed E-state index contributed by atoms with van der Waals surface area (Å²) in [5.41, 5.74) is 4.91. The van der Waals surface area contributed by atoms with Gasteiger partial charge in [-0.3, -0.25) is 0 Å². The molecular weight excluding hydrogens is 226 g/mol. The Morgan fingerprint density at radius 3 is 2.41 bits per heavy atom. The van der Waals surface area contributed by atoms with Gasteiger partial charge in [-0.15, -0.1) is 11.3 Å². The quantitative estimate of drug-likeness (QED) is 0.605. The van der Waals surface area contributed by atoms with Gasteiger partial charge in [0.25, 0.3) is 0 Å². The number of rotatable bonds is 1. The molecule has 0 aliphatic heterocycles. The first-order valence-electron chi connectivity index (χ1n) is 5.68. The van der Waals surface area contributed by atoms with E-state index in [2.05, 4.69) is 56.3 Å². The molecule has 2 aromatic carbocycles. The molecule has 1 nitrogen and oxygen atoms in total. The van der Waals surface area contributed by atoms with Gasteiger partial charge >= 0.3 is 0 Å². The third-order valence-electron chi connectivity index (χ3n) is 3.00. The summed E-state index contributed by atoms with van der Waals surface area (Å²) in [5.74, 6) is 0. The van der Waals surface area contributed by atoms with Gasteiger partial charge in [-0.05, 0) is 31.0 Å². The van der Waals surface area contributed by atoms with Crippen LogP contribution in [-0.2, 0) is 0 Å². The van der Waals surface area contributed by atoms with Gasteiger partial charge in [0.15, 0.2) is 0 Å². The standard InChI is InChI=1S/C15H13NS/c1-10-6-3-4-8-12(10)15-16-14-11(2)7-5-9-13(14)17-15/h3-9H,1-2H3. The Hall–Kier alpha value is -1.67. The van der Waals surface area contributed by atoms with E-state index >= 15 is 0 Å². The molecule has 0 amide bonds. The second kappa shape index (κ2) is 3.97. The van der Waals surface area contributed by atoms with Gasteiger partial charge in [0.2, 0.25) is 0 Å². The highest BCUT2D eigenvalue weighted by atomic mass is 32.1. The molecule has 0 aliphatic rings. The minimum Gasteiger partial charge on any atom is -0.236 e. The summed E-state index contributed by atoms with van der Waals surface area (Å²) in [7, 11) is 0. The first-order valence-corrected chi connectivity index (χ1v) is 6.49. The molecule has 2 heteroatoms. The third-order valence-corrected chi connectivity index (χ3v) is 4.05. The van der Waals surface area contributed by atoms with Crippen molar-refractivity contribution in [3.8, 4) is 10.6 Å². The summed E-state index contributed by atoms with van der Waals surface area (Å²) in [6, 6.07) is 14.8. The molecular formula is C15H13NS. The van der Waals surface area contributed by atoms with Gasteiger partial charge in [-0.2, -0.15) is 0 Å². The van der Waals surface area contributed by atoms with Gasteiger partial charge in [0.1, 0.15) is 5.01 Å². The molecule has 0 aliphatic carbocycles. The fourth-order valence-corrected chi connectivity index (χ4v) is 3.15. The number of benzene rings is 2. The highest BCUT2D eigenvalue weighted by Gasteiger charge is 2.08. The van der Waals surface area contributed by atoms with Crippen LogP contribution in [0.2, 0.25) is 0 Å². The third kappa shape index (κ3) is 1.75. The van der Waals surface area contributed by atoms with E-state index in [-0.39, 0.29) is 0 Å². The van der Waals surface area contributed by atoms with E-state index in [0.717, 1.165) is 10.5 Å². The van der Waals surface area contributed by atoms with Crippen molar-refractivity contribution in [1.82, 2.24) is 4.98 Å². The maximum absolute atomic E-state index is 4.76. The number of aryl methyl sites for hydroxylation is 2. The van der Waals surface area contributed by atoms with Gasteiger partial charge in [0, 0.05) is 5.56 Å². The maximum atomic E-state index is 4.76. The predicted molar refractivity (Wildman–Crippen MR) is 74.5 cm³/mol. The van der Waals surface area contributed by atoms with E-state index in [4.69, 9.17) is 4.98 Å². The van der Waals surface area contributed by atoms with E-state index in [1.165, 1.54) is 21.4 Å². The van der Waals surface area contributed by atoms with Crippen molar-refractivity contribution in [2.24, 2.45) is 0 Å². The summed E-state index contributed by atoms with van der Waals surface area (Å²) in [5, 5.41) is 1.12. The fourth-order valence-electron chi connectivity index (χ4n) is 2.01. The van der Waals surface area contributed by atoms with E-state index in [9.17, 15) is 0 Å². The molecule has 0 bridgehead atoms. The van der Waals surface area contributed by atoms with Gasteiger partial charge in [-0.25, -0.2) is 4.98 Å². The molecule has 0 radical (unpaired) electrons. The van der Waals surface area contributed by atoms with E-state index in [1.54, 1.807) is 11.3 Å². The van der Waals surface area contributed by atoms with Crippen LogP contribution >= 0.6 is 11.3 Å². The van der Waals surface area contributed by atoms with Crippen LogP contribution in [0, 0.1) is 13.8 Å². The molecule has 0 saturated heterocycles. The maximum Gasteiger partial charge on any atom is 0.124 e. The van der Waals surface area contributed by atoms with Crippen LogP contribution in [0.5, 0.6) is 0 Å². The number of nitrogens with zero attached hydrogens (tertiary/aromatic N) is 1. The second-order valence-electron chi connectivity index (χ2n) is 4.26. The Bertz CT molecular complexity index is 682. The van der Waals surface area contributed by atoms with Crippen LogP contribution in [0.15, 0.2) is 42.5 Å². The Kier molecular flexibility index (Phi) is 2.45. The molecule has 1 aromatic heterocycles. The highest BCUT2D eigenvalue weighted by Crippen LogP contribution is 2.32. The fraction of sp³-hybridized carbons (Fsp3) is 0.133. The van der Waals surface area contributed by atoms with Crippen LogP contribution in [0.4, 0.5) is 0 Å². The Balaban J connectivity index is 2.26. The van der Waals surface area contributed by atoms with E-state index < -0.39 is 0 Å². The molecule has 0 unspecified atom stereocenters. The number of para-hydroxylation sites is 1. The topological polar surface area (TPSA) is 12.9 Å². The second-order valence-corrected chi connectivity index (χ2v) is 5.29. The number of aromatic nitrogens is 1. The summed E-state index contributed by atoms with van der Waals surface area (Å²) in [6.07, 6.45) is 0. The SMILES string of the molecule is Cc1ccccc1-c1nc2c(C)cccc2s1. The van der Waals surface area contributed by atoms with Crippen molar-refractivity contribution in [2.45, 2.75) is 13.8 Å².